The quantitative estimate of drug-likeness (QED) is 0.291. The van der Waals surface area contributed by atoms with E-state index in [9.17, 15) is 19.2 Å². The topological polar surface area (TPSA) is 74.8 Å². The van der Waals surface area contributed by atoms with Crippen LogP contribution < -0.4 is 0 Å². The number of fused-ring (bicyclic) bond motifs is 10. The lowest BCUT2D eigenvalue weighted by Gasteiger charge is -2.17. The van der Waals surface area contributed by atoms with Gasteiger partial charge in [-0.2, -0.15) is 0 Å². The Labute approximate surface area is 195 Å². The predicted molar refractivity (Wildman–Crippen MR) is 121 cm³/mol. The smallest absolute Gasteiger partial charge is 0.233 e. The van der Waals surface area contributed by atoms with Crippen LogP contribution in [0.2, 0.25) is 0 Å². The highest BCUT2D eigenvalue weighted by molar-refractivity contribution is 6.07. The highest BCUT2D eigenvalue weighted by Gasteiger charge is 2.60. The number of amides is 4. The third-order valence-electron chi connectivity index (χ3n) is 9.39. The molecule has 2 aliphatic heterocycles. The Kier molecular flexibility index (Phi) is 5.30. The first-order valence-electron chi connectivity index (χ1n) is 13.1. The van der Waals surface area contributed by atoms with E-state index in [0.717, 1.165) is 57.8 Å². The number of carbonyl (C=O) groups excluding carboxylic acids is 4. The molecule has 2 heterocycles. The summed E-state index contributed by atoms with van der Waals surface area (Å²) in [5.41, 5.74) is 0. The molecule has 0 spiro atoms. The fraction of sp³-hybridized carbons (Fsp3) is 0.704. The van der Waals surface area contributed by atoms with Gasteiger partial charge in [-0.3, -0.25) is 29.0 Å². The molecule has 33 heavy (non-hydrogen) atoms. The van der Waals surface area contributed by atoms with Crippen LogP contribution in [0, 0.1) is 47.3 Å². The van der Waals surface area contributed by atoms with Crippen LogP contribution in [0.25, 0.3) is 0 Å². The molecule has 6 rings (SSSR count). The van der Waals surface area contributed by atoms with Gasteiger partial charge in [0.05, 0.1) is 23.7 Å². The van der Waals surface area contributed by atoms with Crippen molar-refractivity contribution < 1.29 is 19.2 Å². The van der Waals surface area contributed by atoms with Gasteiger partial charge in [0.25, 0.3) is 0 Å². The zero-order valence-electron chi connectivity index (χ0n) is 19.2. The molecule has 176 valence electrons. The lowest BCUT2D eigenvalue weighted by atomic mass is 9.85. The van der Waals surface area contributed by atoms with Crippen LogP contribution in [-0.4, -0.2) is 46.5 Å². The minimum Gasteiger partial charge on any atom is -0.282 e. The van der Waals surface area contributed by atoms with Crippen LogP contribution in [0.1, 0.15) is 57.8 Å². The molecule has 0 radical (unpaired) electrons. The van der Waals surface area contributed by atoms with Gasteiger partial charge in [0.15, 0.2) is 0 Å². The third kappa shape index (κ3) is 3.27. The number of allylic oxidation sites excluding steroid dienone is 4. The van der Waals surface area contributed by atoms with E-state index in [1.54, 1.807) is 9.80 Å². The van der Waals surface area contributed by atoms with Crippen molar-refractivity contribution in [1.29, 1.82) is 0 Å². The van der Waals surface area contributed by atoms with Crippen LogP contribution in [0.15, 0.2) is 24.3 Å². The maximum Gasteiger partial charge on any atom is 0.233 e. The molecular formula is C27H34N2O4. The molecular weight excluding hydrogens is 416 g/mol. The van der Waals surface area contributed by atoms with Crippen LogP contribution in [0.4, 0.5) is 0 Å². The first-order chi connectivity index (χ1) is 16.1. The molecule has 8 unspecified atom stereocenters. The summed E-state index contributed by atoms with van der Waals surface area (Å²) in [6.07, 6.45) is 17.7. The SMILES string of the molecule is O=C1C2C3C=CC(C3)C2C(=O)N1CCCCCCCCCN1C(=O)C2C3C=CC(C3)C2C1=O. The molecule has 0 aromatic heterocycles. The molecule has 4 bridgehead atoms. The fourth-order valence-electron chi connectivity index (χ4n) is 7.79. The van der Waals surface area contributed by atoms with Crippen molar-refractivity contribution in [3.63, 3.8) is 0 Å². The Morgan fingerprint density at radius 1 is 0.485 bits per heavy atom. The van der Waals surface area contributed by atoms with Crippen molar-refractivity contribution in [2.75, 3.05) is 13.1 Å². The summed E-state index contributed by atoms with van der Waals surface area (Å²) in [7, 11) is 0. The molecule has 0 aromatic carbocycles. The Morgan fingerprint density at radius 3 is 1.06 bits per heavy atom. The van der Waals surface area contributed by atoms with Gasteiger partial charge in [-0.05, 0) is 49.4 Å². The van der Waals surface area contributed by atoms with Gasteiger partial charge in [-0.15, -0.1) is 0 Å². The average molecular weight is 451 g/mol. The summed E-state index contributed by atoms with van der Waals surface area (Å²) in [6.45, 7) is 1.14. The Balaban J connectivity index is 0.852. The van der Waals surface area contributed by atoms with Gasteiger partial charge >= 0.3 is 0 Å². The van der Waals surface area contributed by atoms with E-state index in [1.165, 1.54) is 0 Å². The lowest BCUT2D eigenvalue weighted by molar-refractivity contribution is -0.142. The van der Waals surface area contributed by atoms with E-state index in [4.69, 9.17) is 0 Å². The van der Waals surface area contributed by atoms with Gasteiger partial charge in [-0.1, -0.05) is 56.4 Å². The van der Waals surface area contributed by atoms with Crippen LogP contribution in [-0.2, 0) is 19.2 Å². The van der Waals surface area contributed by atoms with Crippen molar-refractivity contribution in [2.45, 2.75) is 57.8 Å². The predicted octanol–water partition coefficient (Wildman–Crippen LogP) is 3.33. The maximum atomic E-state index is 12.7. The van der Waals surface area contributed by atoms with E-state index in [1.807, 2.05) is 0 Å². The summed E-state index contributed by atoms with van der Waals surface area (Å²) >= 11 is 0. The Morgan fingerprint density at radius 2 is 0.758 bits per heavy atom. The van der Waals surface area contributed by atoms with E-state index in [0.29, 0.717) is 36.8 Å². The number of hydrogen-bond donors (Lipinski definition) is 0. The first-order valence-corrected chi connectivity index (χ1v) is 13.1. The van der Waals surface area contributed by atoms with Gasteiger partial charge < -0.3 is 0 Å². The number of nitrogens with zero attached hydrogens (tertiary/aromatic N) is 2. The normalized spacial score (nSPS) is 39.6. The number of rotatable bonds is 10. The van der Waals surface area contributed by atoms with Crippen LogP contribution in [0.5, 0.6) is 0 Å². The molecule has 8 atom stereocenters. The molecule has 2 saturated heterocycles. The molecule has 4 aliphatic carbocycles. The summed E-state index contributed by atoms with van der Waals surface area (Å²) in [5, 5.41) is 0. The molecule has 6 nitrogen and oxygen atoms in total. The lowest BCUT2D eigenvalue weighted by Crippen LogP contribution is -2.33. The highest BCUT2D eigenvalue weighted by Crippen LogP contribution is 2.53. The molecule has 6 heteroatoms. The molecule has 0 N–H and O–H groups in total. The van der Waals surface area contributed by atoms with Gasteiger partial charge in [0, 0.05) is 13.1 Å². The molecule has 2 saturated carbocycles. The van der Waals surface area contributed by atoms with E-state index in [-0.39, 0.29) is 47.3 Å². The van der Waals surface area contributed by atoms with Crippen molar-refractivity contribution in [3.8, 4) is 0 Å². The molecule has 4 fully saturated rings. The van der Waals surface area contributed by atoms with Crippen LogP contribution >= 0.6 is 0 Å². The number of carbonyl (C=O) groups is 4. The minimum atomic E-state index is -0.0761. The number of hydrogen-bond acceptors (Lipinski definition) is 4. The van der Waals surface area contributed by atoms with Crippen molar-refractivity contribution in [1.82, 2.24) is 9.80 Å². The molecule has 0 aromatic rings. The molecule has 4 amide bonds. The second-order valence-corrected chi connectivity index (χ2v) is 11.1. The second kappa shape index (κ2) is 8.21. The largest absolute Gasteiger partial charge is 0.282 e. The highest BCUT2D eigenvalue weighted by atomic mass is 16.2. The van der Waals surface area contributed by atoms with Crippen molar-refractivity contribution in [3.05, 3.63) is 24.3 Å². The summed E-state index contributed by atoms with van der Waals surface area (Å²) in [4.78, 5) is 53.9. The zero-order valence-corrected chi connectivity index (χ0v) is 19.2. The van der Waals surface area contributed by atoms with Gasteiger partial charge in [-0.25, -0.2) is 0 Å². The molecule has 6 aliphatic rings. The zero-order chi connectivity index (χ0) is 22.7. The monoisotopic (exact) mass is 450 g/mol. The van der Waals surface area contributed by atoms with E-state index < -0.39 is 0 Å². The van der Waals surface area contributed by atoms with Gasteiger partial charge in [0.1, 0.15) is 0 Å². The summed E-state index contributed by atoms with van der Waals surface area (Å²) in [6, 6.07) is 0. The average Bonchev–Trinajstić information content (AvgIpc) is 3.63. The van der Waals surface area contributed by atoms with E-state index >= 15 is 0 Å². The number of likely N-dealkylation sites (tertiary alicyclic amines) is 2. The summed E-state index contributed by atoms with van der Waals surface area (Å²) in [5.74, 6) is 1.14. The Bertz CT molecular complexity index is 804. The Hall–Kier alpha value is -2.24. The van der Waals surface area contributed by atoms with Crippen LogP contribution in [0.3, 0.4) is 0 Å². The first kappa shape index (κ1) is 21.3. The van der Waals surface area contributed by atoms with Crippen molar-refractivity contribution in [2.24, 2.45) is 47.3 Å². The third-order valence-corrected chi connectivity index (χ3v) is 9.39. The van der Waals surface area contributed by atoms with Crippen molar-refractivity contribution >= 4 is 23.6 Å². The minimum absolute atomic E-state index is 0.0702. The number of imide groups is 2. The van der Waals surface area contributed by atoms with E-state index in [2.05, 4.69) is 24.3 Å². The number of unbranched alkanes of at least 4 members (excludes halogenated alkanes) is 6. The summed E-state index contributed by atoms with van der Waals surface area (Å²) < 4.78 is 0. The second-order valence-electron chi connectivity index (χ2n) is 11.1. The fourth-order valence-corrected chi connectivity index (χ4v) is 7.79. The standard InChI is InChI=1S/C27H34N2O4/c30-24-20-16-8-9-17(14-16)21(20)25(31)28(24)12-6-4-2-1-3-5-7-13-29-26(32)22-18-10-11-19(15-18)23(22)27(29)33/h8-11,16-23H,1-7,12-15H2. The van der Waals surface area contributed by atoms with Gasteiger partial charge in [0.2, 0.25) is 23.6 Å². The maximum absolute atomic E-state index is 12.7.